The van der Waals surface area contributed by atoms with Gasteiger partial charge in [0.05, 0.1) is 23.4 Å². The molecule has 1 atom stereocenters. The van der Waals surface area contributed by atoms with Crippen LogP contribution in [0.1, 0.15) is 39.9 Å². The van der Waals surface area contributed by atoms with Crippen molar-refractivity contribution in [3.05, 3.63) is 63.3 Å². The zero-order valence-corrected chi connectivity index (χ0v) is 18.4. The molecule has 3 rings (SSSR count). The van der Waals surface area contributed by atoms with Crippen molar-refractivity contribution in [3.8, 4) is 11.5 Å². The lowest BCUT2D eigenvalue weighted by Crippen LogP contribution is -2.31. The van der Waals surface area contributed by atoms with E-state index in [9.17, 15) is 9.59 Å². The van der Waals surface area contributed by atoms with Gasteiger partial charge in [-0.05, 0) is 29.8 Å². The van der Waals surface area contributed by atoms with Crippen LogP contribution in [0.2, 0.25) is 4.34 Å². The number of amides is 1. The summed E-state index contributed by atoms with van der Waals surface area (Å²) in [6.45, 7) is 0. The van der Waals surface area contributed by atoms with Crippen molar-refractivity contribution in [2.45, 2.75) is 18.9 Å². The molecule has 0 spiro atoms. The maximum absolute atomic E-state index is 12.7. The highest BCUT2D eigenvalue weighted by molar-refractivity contribution is 7.18. The third-order valence-corrected chi connectivity index (χ3v) is 5.83. The van der Waals surface area contributed by atoms with Crippen LogP contribution in [0.15, 0.2) is 42.7 Å². The molecule has 0 radical (unpaired) electrons. The van der Waals surface area contributed by atoms with Gasteiger partial charge in [-0.1, -0.05) is 11.6 Å². The number of imidazole rings is 1. The van der Waals surface area contributed by atoms with Gasteiger partial charge in [0.25, 0.3) is 0 Å². The van der Waals surface area contributed by atoms with Crippen LogP contribution >= 0.6 is 22.9 Å². The lowest BCUT2D eigenvalue weighted by Gasteiger charge is -2.20. The Morgan fingerprint density at radius 3 is 2.40 bits per heavy atom. The number of aromatic nitrogens is 2. The molecular formula is C21H22ClN3O4S. The first-order valence-corrected chi connectivity index (χ1v) is 10.4. The van der Waals surface area contributed by atoms with Gasteiger partial charge in [-0.2, -0.15) is 0 Å². The molecule has 30 heavy (non-hydrogen) atoms. The van der Waals surface area contributed by atoms with Gasteiger partial charge in [-0.15, -0.1) is 11.3 Å². The highest BCUT2D eigenvalue weighted by Crippen LogP contribution is 2.29. The Morgan fingerprint density at radius 1 is 1.17 bits per heavy atom. The van der Waals surface area contributed by atoms with Crippen LogP contribution in [0.5, 0.6) is 11.5 Å². The number of methoxy groups -OCH3 is 2. The summed E-state index contributed by atoms with van der Waals surface area (Å²) in [4.78, 5) is 29.9. The van der Waals surface area contributed by atoms with E-state index in [0.29, 0.717) is 26.5 Å². The van der Waals surface area contributed by atoms with Gasteiger partial charge in [0, 0.05) is 38.3 Å². The van der Waals surface area contributed by atoms with Gasteiger partial charge in [-0.25, -0.2) is 4.98 Å². The normalized spacial score (nSPS) is 11.7. The molecule has 1 amide bonds. The zero-order valence-electron chi connectivity index (χ0n) is 16.8. The van der Waals surface area contributed by atoms with Gasteiger partial charge in [-0.3, -0.25) is 9.59 Å². The molecule has 0 fully saturated rings. The first-order valence-electron chi connectivity index (χ1n) is 9.19. The molecule has 0 aliphatic rings. The highest BCUT2D eigenvalue weighted by Gasteiger charge is 2.23. The van der Waals surface area contributed by atoms with E-state index in [1.165, 1.54) is 11.3 Å². The Morgan fingerprint density at radius 2 is 1.87 bits per heavy atom. The highest BCUT2D eigenvalue weighted by atomic mass is 35.5. The van der Waals surface area contributed by atoms with E-state index in [1.807, 2.05) is 23.7 Å². The molecule has 0 saturated heterocycles. The SMILES string of the molecule is COc1cc(OC)cc(C(NC(=O)CCC(=O)c2ccc(Cl)s2)c2nccn2C)c1. The largest absolute Gasteiger partial charge is 0.497 e. The number of ether oxygens (including phenoxy) is 2. The first kappa shape index (κ1) is 21.9. The van der Waals surface area contributed by atoms with Crippen LogP contribution < -0.4 is 14.8 Å². The monoisotopic (exact) mass is 447 g/mol. The van der Waals surface area contributed by atoms with E-state index in [0.717, 1.165) is 5.56 Å². The summed E-state index contributed by atoms with van der Waals surface area (Å²) in [5.74, 6) is 1.47. The van der Waals surface area contributed by atoms with E-state index in [-0.39, 0.29) is 24.5 Å². The maximum atomic E-state index is 12.7. The Balaban J connectivity index is 1.79. The number of Topliss-reactive ketones (excluding diaryl/α,β-unsaturated/α-hetero) is 1. The predicted octanol–water partition coefficient (Wildman–Crippen LogP) is 4.02. The van der Waals surface area contributed by atoms with Crippen LogP contribution in [0.25, 0.3) is 0 Å². The fraction of sp³-hybridized carbons (Fsp3) is 0.286. The van der Waals surface area contributed by atoms with Crippen molar-refractivity contribution in [1.82, 2.24) is 14.9 Å². The molecule has 1 aromatic carbocycles. The second-order valence-electron chi connectivity index (χ2n) is 6.57. The van der Waals surface area contributed by atoms with E-state index in [1.54, 1.807) is 44.8 Å². The number of aryl methyl sites for hydroxylation is 1. The Labute approximate surface area is 183 Å². The molecule has 3 aromatic rings. The van der Waals surface area contributed by atoms with Crippen molar-refractivity contribution in [2.24, 2.45) is 7.05 Å². The molecule has 1 N–H and O–H groups in total. The predicted molar refractivity (Wildman–Crippen MR) is 116 cm³/mol. The molecular weight excluding hydrogens is 426 g/mol. The molecule has 7 nitrogen and oxygen atoms in total. The number of halogens is 1. The van der Waals surface area contributed by atoms with E-state index >= 15 is 0 Å². The van der Waals surface area contributed by atoms with Crippen molar-refractivity contribution in [1.29, 1.82) is 0 Å². The number of carbonyl (C=O) groups is 2. The van der Waals surface area contributed by atoms with Crippen molar-refractivity contribution in [2.75, 3.05) is 14.2 Å². The van der Waals surface area contributed by atoms with Crippen molar-refractivity contribution >= 4 is 34.6 Å². The lowest BCUT2D eigenvalue weighted by molar-refractivity contribution is -0.121. The molecule has 1 unspecified atom stereocenters. The molecule has 0 saturated carbocycles. The van der Waals surface area contributed by atoms with Crippen LogP contribution in [-0.4, -0.2) is 35.5 Å². The standard InChI is InChI=1S/C21H22ClN3O4S/c1-25-9-8-23-21(25)20(13-10-14(28-2)12-15(11-13)29-3)24-19(27)7-4-16(26)17-5-6-18(22)30-17/h5-6,8-12,20H,4,7H2,1-3H3,(H,24,27). The van der Waals surface area contributed by atoms with Crippen molar-refractivity contribution in [3.63, 3.8) is 0 Å². The number of nitrogens with zero attached hydrogens (tertiary/aromatic N) is 2. The number of benzene rings is 1. The number of ketones is 1. The fourth-order valence-corrected chi connectivity index (χ4v) is 4.01. The molecule has 158 valence electrons. The van der Waals surface area contributed by atoms with Gasteiger partial charge < -0.3 is 19.4 Å². The third kappa shape index (κ3) is 5.20. The number of carbonyl (C=O) groups excluding carboxylic acids is 2. The minimum Gasteiger partial charge on any atom is -0.497 e. The van der Waals surface area contributed by atoms with Crippen LogP contribution in [-0.2, 0) is 11.8 Å². The van der Waals surface area contributed by atoms with Crippen molar-refractivity contribution < 1.29 is 19.1 Å². The number of hydrogen-bond acceptors (Lipinski definition) is 6. The topological polar surface area (TPSA) is 82.4 Å². The molecule has 0 aliphatic carbocycles. The number of nitrogens with one attached hydrogen (secondary N) is 1. The fourth-order valence-electron chi connectivity index (χ4n) is 3.00. The summed E-state index contributed by atoms with van der Waals surface area (Å²) in [5.41, 5.74) is 0.755. The van der Waals surface area contributed by atoms with Crippen LogP contribution in [0.3, 0.4) is 0 Å². The number of thiophene rings is 1. The molecule has 9 heteroatoms. The van der Waals surface area contributed by atoms with Gasteiger partial charge in [0.15, 0.2) is 5.78 Å². The summed E-state index contributed by atoms with van der Waals surface area (Å²) < 4.78 is 13.1. The summed E-state index contributed by atoms with van der Waals surface area (Å²) in [7, 11) is 4.98. The minimum atomic E-state index is -0.534. The molecule has 0 bridgehead atoms. The number of rotatable bonds is 9. The Bertz CT molecular complexity index is 1020. The Hall–Kier alpha value is -2.84. The average molecular weight is 448 g/mol. The second kappa shape index (κ2) is 9.77. The summed E-state index contributed by atoms with van der Waals surface area (Å²) >= 11 is 7.09. The smallest absolute Gasteiger partial charge is 0.221 e. The molecule has 0 aliphatic heterocycles. The molecule has 2 aromatic heterocycles. The average Bonchev–Trinajstić information content (AvgIpc) is 3.37. The second-order valence-corrected chi connectivity index (χ2v) is 8.28. The third-order valence-electron chi connectivity index (χ3n) is 4.56. The van der Waals surface area contributed by atoms with Crippen LogP contribution in [0, 0.1) is 0 Å². The minimum absolute atomic E-state index is 0.0520. The molecule has 2 heterocycles. The van der Waals surface area contributed by atoms with E-state index in [4.69, 9.17) is 21.1 Å². The first-order chi connectivity index (χ1) is 14.4. The Kier molecular flexibility index (Phi) is 7.12. The van der Waals surface area contributed by atoms with E-state index in [2.05, 4.69) is 10.3 Å². The zero-order chi connectivity index (χ0) is 21.7. The van der Waals surface area contributed by atoms with Gasteiger partial charge in [0.2, 0.25) is 5.91 Å². The maximum Gasteiger partial charge on any atom is 0.221 e. The quantitative estimate of drug-likeness (QED) is 0.501. The van der Waals surface area contributed by atoms with Crippen LogP contribution in [0.4, 0.5) is 0 Å². The number of hydrogen-bond donors (Lipinski definition) is 1. The summed E-state index contributed by atoms with van der Waals surface area (Å²) in [5, 5.41) is 2.98. The lowest BCUT2D eigenvalue weighted by atomic mass is 10.0. The van der Waals surface area contributed by atoms with Gasteiger partial charge in [0.1, 0.15) is 23.4 Å². The van der Waals surface area contributed by atoms with Gasteiger partial charge >= 0.3 is 0 Å². The van der Waals surface area contributed by atoms with E-state index < -0.39 is 6.04 Å². The summed E-state index contributed by atoms with van der Waals surface area (Å²) in [6, 6.07) is 8.21. The summed E-state index contributed by atoms with van der Waals surface area (Å²) in [6.07, 6.45) is 3.61.